The van der Waals surface area contributed by atoms with Crippen LogP contribution in [0, 0.1) is 0 Å². The molecule has 0 amide bonds. The standard InChI is InChI=1S/C35H29N3S/c39-35-36-33-28(20-27-16-8-14-25-12-4-6-17-29(25)27)22-38(21-24-10-2-1-3-11-24)23-32(33)34(37-35)31-19-9-15-26-13-5-7-18-30(26)31/h1-20,34H,21-23H2,(H2,36,37,39)/b28-20+. The van der Waals surface area contributed by atoms with Gasteiger partial charge in [0, 0.05) is 25.3 Å². The van der Waals surface area contributed by atoms with E-state index in [2.05, 4.69) is 137 Å². The van der Waals surface area contributed by atoms with Gasteiger partial charge in [0.2, 0.25) is 0 Å². The third-order valence-electron chi connectivity index (χ3n) is 7.83. The van der Waals surface area contributed by atoms with Crippen LogP contribution in [0.2, 0.25) is 0 Å². The second-order valence-corrected chi connectivity index (χ2v) is 10.8. The second-order valence-electron chi connectivity index (χ2n) is 10.4. The minimum Gasteiger partial charge on any atom is -0.352 e. The van der Waals surface area contributed by atoms with Crippen LogP contribution >= 0.6 is 12.2 Å². The van der Waals surface area contributed by atoms with Gasteiger partial charge in [-0.05, 0) is 67.7 Å². The van der Waals surface area contributed by atoms with Gasteiger partial charge in [0.25, 0.3) is 0 Å². The van der Waals surface area contributed by atoms with Gasteiger partial charge in [0.15, 0.2) is 5.11 Å². The maximum atomic E-state index is 5.81. The van der Waals surface area contributed by atoms with Gasteiger partial charge in [0.05, 0.1) is 6.04 Å². The van der Waals surface area contributed by atoms with Crippen molar-refractivity contribution < 1.29 is 0 Å². The van der Waals surface area contributed by atoms with Gasteiger partial charge >= 0.3 is 0 Å². The summed E-state index contributed by atoms with van der Waals surface area (Å²) in [6.45, 7) is 2.58. The first-order chi connectivity index (χ1) is 19.2. The lowest BCUT2D eigenvalue weighted by Gasteiger charge is -2.40. The molecule has 0 saturated heterocycles. The summed E-state index contributed by atoms with van der Waals surface area (Å²) in [7, 11) is 0. The molecular formula is C35H29N3S. The van der Waals surface area contributed by atoms with Crippen LogP contribution < -0.4 is 10.6 Å². The van der Waals surface area contributed by atoms with Crippen LogP contribution in [0.3, 0.4) is 0 Å². The summed E-state index contributed by atoms with van der Waals surface area (Å²) in [4.78, 5) is 2.54. The van der Waals surface area contributed by atoms with E-state index in [1.54, 1.807) is 0 Å². The lowest BCUT2D eigenvalue weighted by molar-refractivity contribution is 0.293. The molecule has 2 aliphatic heterocycles. The molecule has 1 atom stereocenters. The van der Waals surface area contributed by atoms with Gasteiger partial charge in [-0.1, -0.05) is 115 Å². The zero-order valence-corrected chi connectivity index (χ0v) is 22.4. The first-order valence-electron chi connectivity index (χ1n) is 13.5. The van der Waals surface area contributed by atoms with Crippen molar-refractivity contribution in [2.24, 2.45) is 0 Å². The molecule has 0 saturated carbocycles. The highest BCUT2D eigenvalue weighted by molar-refractivity contribution is 7.80. The summed E-state index contributed by atoms with van der Waals surface area (Å²) in [6.07, 6.45) is 2.36. The fourth-order valence-electron chi connectivity index (χ4n) is 6.07. The molecule has 4 heteroatoms. The average molecular weight is 524 g/mol. The topological polar surface area (TPSA) is 27.3 Å². The van der Waals surface area contributed by atoms with Gasteiger partial charge in [-0.25, -0.2) is 0 Å². The van der Waals surface area contributed by atoms with E-state index >= 15 is 0 Å². The number of benzene rings is 5. The van der Waals surface area contributed by atoms with Crippen LogP contribution in [0.5, 0.6) is 0 Å². The molecule has 0 spiro atoms. The monoisotopic (exact) mass is 523 g/mol. The number of nitrogens with one attached hydrogen (secondary N) is 2. The van der Waals surface area contributed by atoms with Crippen molar-refractivity contribution in [1.29, 1.82) is 0 Å². The van der Waals surface area contributed by atoms with Gasteiger partial charge in [-0.3, -0.25) is 4.90 Å². The van der Waals surface area contributed by atoms with Crippen LogP contribution in [0.15, 0.2) is 132 Å². The molecule has 2 aliphatic rings. The molecule has 0 fully saturated rings. The quantitative estimate of drug-likeness (QED) is 0.241. The predicted octanol–water partition coefficient (Wildman–Crippen LogP) is 7.37. The van der Waals surface area contributed by atoms with Gasteiger partial charge in [-0.15, -0.1) is 0 Å². The molecule has 0 bridgehead atoms. The normalized spacial score (nSPS) is 18.7. The van der Waals surface area contributed by atoms with E-state index in [0.29, 0.717) is 5.11 Å². The summed E-state index contributed by atoms with van der Waals surface area (Å²) in [6, 6.07) is 41.1. The Morgan fingerprint density at radius 2 is 1.38 bits per heavy atom. The van der Waals surface area contributed by atoms with Gasteiger partial charge in [-0.2, -0.15) is 0 Å². The molecule has 7 rings (SSSR count). The highest BCUT2D eigenvalue weighted by atomic mass is 32.1. The Balaban J connectivity index is 1.39. The third-order valence-corrected chi connectivity index (χ3v) is 8.05. The molecule has 5 aromatic rings. The number of hydrogen-bond acceptors (Lipinski definition) is 2. The molecule has 5 aromatic carbocycles. The number of thiocarbonyl (C=S) groups is 1. The first kappa shape index (κ1) is 23.8. The maximum Gasteiger partial charge on any atom is 0.171 e. The zero-order chi connectivity index (χ0) is 26.2. The summed E-state index contributed by atoms with van der Waals surface area (Å²) < 4.78 is 0. The van der Waals surface area contributed by atoms with Gasteiger partial charge in [0.1, 0.15) is 0 Å². The van der Waals surface area contributed by atoms with E-state index in [-0.39, 0.29) is 6.04 Å². The van der Waals surface area contributed by atoms with E-state index < -0.39 is 0 Å². The minimum absolute atomic E-state index is 0.00524. The Labute approximate surface area is 234 Å². The zero-order valence-electron chi connectivity index (χ0n) is 21.6. The number of fused-ring (bicyclic) bond motifs is 2. The van der Waals surface area contributed by atoms with Crippen molar-refractivity contribution in [2.45, 2.75) is 12.6 Å². The Morgan fingerprint density at radius 1 is 0.718 bits per heavy atom. The fraction of sp³-hybridized carbons (Fsp3) is 0.114. The molecule has 39 heavy (non-hydrogen) atoms. The van der Waals surface area contributed by atoms with E-state index in [1.807, 2.05) is 0 Å². The Hall–Kier alpha value is -4.25. The third kappa shape index (κ3) is 4.63. The number of nitrogens with zero attached hydrogens (tertiary/aromatic N) is 1. The molecule has 0 aliphatic carbocycles. The maximum absolute atomic E-state index is 5.81. The van der Waals surface area contributed by atoms with Crippen LogP contribution in [-0.2, 0) is 6.54 Å². The second kappa shape index (κ2) is 10.1. The highest BCUT2D eigenvalue weighted by Gasteiger charge is 2.34. The molecule has 1 unspecified atom stereocenters. The average Bonchev–Trinajstić information content (AvgIpc) is 2.98. The summed E-state index contributed by atoms with van der Waals surface area (Å²) in [5.74, 6) is 0. The van der Waals surface area contributed by atoms with E-state index in [4.69, 9.17) is 12.2 Å². The fourth-order valence-corrected chi connectivity index (χ4v) is 6.29. The van der Waals surface area contributed by atoms with Crippen molar-refractivity contribution in [1.82, 2.24) is 15.5 Å². The van der Waals surface area contributed by atoms with Gasteiger partial charge < -0.3 is 10.6 Å². The Morgan fingerprint density at radius 3 is 2.21 bits per heavy atom. The van der Waals surface area contributed by atoms with Crippen molar-refractivity contribution in [3.63, 3.8) is 0 Å². The van der Waals surface area contributed by atoms with E-state index in [0.717, 1.165) is 25.3 Å². The van der Waals surface area contributed by atoms with Crippen LogP contribution in [0.1, 0.15) is 22.7 Å². The van der Waals surface area contributed by atoms with Crippen molar-refractivity contribution in [2.75, 3.05) is 13.1 Å². The number of hydrogen-bond donors (Lipinski definition) is 2. The molecular weight excluding hydrogens is 494 g/mol. The minimum atomic E-state index is -0.00524. The molecule has 2 heterocycles. The summed E-state index contributed by atoms with van der Waals surface area (Å²) in [5.41, 5.74) is 7.56. The highest BCUT2D eigenvalue weighted by Crippen LogP contribution is 2.37. The summed E-state index contributed by atoms with van der Waals surface area (Å²) >= 11 is 5.81. The summed E-state index contributed by atoms with van der Waals surface area (Å²) in [5, 5.41) is 12.9. The van der Waals surface area contributed by atoms with E-state index in [9.17, 15) is 0 Å². The Kier molecular flexibility index (Phi) is 6.20. The van der Waals surface area contributed by atoms with Crippen molar-refractivity contribution in [3.8, 4) is 0 Å². The van der Waals surface area contributed by atoms with Crippen molar-refractivity contribution >= 4 is 45.0 Å². The van der Waals surface area contributed by atoms with Crippen LogP contribution in [-0.4, -0.2) is 23.1 Å². The molecule has 2 N–H and O–H groups in total. The lowest BCUT2D eigenvalue weighted by Crippen LogP contribution is -2.49. The largest absolute Gasteiger partial charge is 0.352 e. The number of rotatable bonds is 4. The SMILES string of the molecule is S=C1NC2=C(CN(Cc3ccccc3)C/C2=C\c2cccc3ccccc23)C(c2cccc3ccccc23)N1. The van der Waals surface area contributed by atoms with Crippen molar-refractivity contribution in [3.05, 3.63) is 149 Å². The van der Waals surface area contributed by atoms with Crippen LogP contribution in [0.4, 0.5) is 0 Å². The van der Waals surface area contributed by atoms with Crippen LogP contribution in [0.25, 0.3) is 27.6 Å². The first-order valence-corrected chi connectivity index (χ1v) is 13.9. The predicted molar refractivity (Wildman–Crippen MR) is 166 cm³/mol. The van der Waals surface area contributed by atoms with E-state index in [1.165, 1.54) is 49.4 Å². The molecule has 0 radical (unpaired) electrons. The molecule has 0 aromatic heterocycles. The molecule has 190 valence electrons. The molecule has 3 nitrogen and oxygen atoms in total. The lowest BCUT2D eigenvalue weighted by atomic mass is 9.86. The smallest absolute Gasteiger partial charge is 0.171 e. The Bertz CT molecular complexity index is 1760.